The molecule has 4 heteroatoms. The first kappa shape index (κ1) is 15.4. The molecule has 4 nitrogen and oxygen atoms in total. The summed E-state index contributed by atoms with van der Waals surface area (Å²) in [6.45, 7) is 4.00. The molecule has 0 radical (unpaired) electrons. The highest BCUT2D eigenvalue weighted by molar-refractivity contribution is 5.40. The molecule has 0 aromatic heterocycles. The first-order valence-corrected chi connectivity index (χ1v) is 7.11. The topological polar surface area (TPSA) is 69.7 Å². The van der Waals surface area contributed by atoms with Crippen LogP contribution >= 0.6 is 0 Å². The van der Waals surface area contributed by atoms with Gasteiger partial charge in [0.05, 0.1) is 0 Å². The van der Waals surface area contributed by atoms with Crippen molar-refractivity contribution in [3.8, 4) is 11.5 Å². The van der Waals surface area contributed by atoms with E-state index in [0.29, 0.717) is 18.7 Å². The highest BCUT2D eigenvalue weighted by Crippen LogP contribution is 2.31. The fourth-order valence-corrected chi connectivity index (χ4v) is 2.47. The van der Waals surface area contributed by atoms with Crippen molar-refractivity contribution in [2.24, 2.45) is 5.73 Å². The molecule has 4 N–H and O–H groups in total. The van der Waals surface area contributed by atoms with E-state index in [1.54, 1.807) is 6.07 Å². The summed E-state index contributed by atoms with van der Waals surface area (Å²) in [5.41, 5.74) is 7.61. The molecule has 0 aliphatic carbocycles. The molecule has 0 spiro atoms. The molecule has 0 fully saturated rings. The Balaban J connectivity index is 2.22. The summed E-state index contributed by atoms with van der Waals surface area (Å²) in [5, 5.41) is 19.7. The minimum Gasteiger partial charge on any atom is -0.508 e. The summed E-state index contributed by atoms with van der Waals surface area (Å²) in [6.07, 6.45) is 0. The summed E-state index contributed by atoms with van der Waals surface area (Å²) < 4.78 is 0. The Morgan fingerprint density at radius 3 is 2.48 bits per heavy atom. The van der Waals surface area contributed by atoms with E-state index < -0.39 is 0 Å². The van der Waals surface area contributed by atoms with Crippen LogP contribution in [0.2, 0.25) is 0 Å². The van der Waals surface area contributed by atoms with Gasteiger partial charge in [-0.2, -0.15) is 0 Å². The Bertz CT molecular complexity index is 572. The lowest BCUT2D eigenvalue weighted by Crippen LogP contribution is -2.31. The average molecular weight is 286 g/mol. The lowest BCUT2D eigenvalue weighted by atomic mass is 10.0. The first-order chi connectivity index (χ1) is 10.1. The second kappa shape index (κ2) is 7.11. The minimum absolute atomic E-state index is 0.0409. The van der Waals surface area contributed by atoms with E-state index >= 15 is 0 Å². The standard InChI is InChI=1S/C17H22N2O2/c1-13(16-11-15(20)7-8-17(16)21)19(10-9-18)12-14-5-3-2-4-6-14/h2-8,11,13,20-21H,9-10,12,18H2,1H3. The van der Waals surface area contributed by atoms with Gasteiger partial charge >= 0.3 is 0 Å². The second-order valence-corrected chi connectivity index (χ2v) is 5.16. The fraction of sp³-hybridized carbons (Fsp3) is 0.294. The van der Waals surface area contributed by atoms with Crippen molar-refractivity contribution in [3.05, 3.63) is 59.7 Å². The van der Waals surface area contributed by atoms with Crippen LogP contribution in [0.3, 0.4) is 0 Å². The van der Waals surface area contributed by atoms with E-state index in [0.717, 1.165) is 6.54 Å². The van der Waals surface area contributed by atoms with E-state index in [4.69, 9.17) is 5.73 Å². The monoisotopic (exact) mass is 286 g/mol. The second-order valence-electron chi connectivity index (χ2n) is 5.16. The van der Waals surface area contributed by atoms with Gasteiger partial charge in [-0.05, 0) is 30.7 Å². The third kappa shape index (κ3) is 3.97. The van der Waals surface area contributed by atoms with Gasteiger partial charge in [0.25, 0.3) is 0 Å². The number of hydrogen-bond donors (Lipinski definition) is 3. The van der Waals surface area contributed by atoms with Crippen LogP contribution in [0.1, 0.15) is 24.1 Å². The maximum atomic E-state index is 10.0. The molecule has 112 valence electrons. The van der Waals surface area contributed by atoms with E-state index in [2.05, 4.69) is 17.0 Å². The number of hydrogen-bond acceptors (Lipinski definition) is 4. The number of phenols is 2. The van der Waals surface area contributed by atoms with Crippen LogP contribution in [0, 0.1) is 0 Å². The molecule has 0 amide bonds. The van der Waals surface area contributed by atoms with E-state index in [-0.39, 0.29) is 17.5 Å². The smallest absolute Gasteiger partial charge is 0.120 e. The summed E-state index contributed by atoms with van der Waals surface area (Å²) in [4.78, 5) is 2.18. The molecule has 2 rings (SSSR count). The first-order valence-electron chi connectivity index (χ1n) is 7.11. The van der Waals surface area contributed by atoms with Crippen LogP contribution in [-0.4, -0.2) is 28.2 Å². The average Bonchev–Trinajstić information content (AvgIpc) is 2.49. The zero-order chi connectivity index (χ0) is 15.2. The Hall–Kier alpha value is -2.04. The molecule has 0 heterocycles. The van der Waals surface area contributed by atoms with Gasteiger partial charge in [0.1, 0.15) is 11.5 Å². The quantitative estimate of drug-likeness (QED) is 0.714. The maximum absolute atomic E-state index is 10.0. The molecule has 0 aliphatic heterocycles. The van der Waals surface area contributed by atoms with Gasteiger partial charge in [-0.15, -0.1) is 0 Å². The predicted octanol–water partition coefficient (Wildman–Crippen LogP) is 2.62. The molecule has 2 aromatic rings. The lowest BCUT2D eigenvalue weighted by Gasteiger charge is -2.29. The molecular weight excluding hydrogens is 264 g/mol. The van der Waals surface area contributed by atoms with Gasteiger partial charge in [-0.3, -0.25) is 4.90 Å². The van der Waals surface area contributed by atoms with E-state index in [1.165, 1.54) is 17.7 Å². The van der Waals surface area contributed by atoms with Crippen molar-refractivity contribution in [2.75, 3.05) is 13.1 Å². The third-order valence-electron chi connectivity index (χ3n) is 3.65. The van der Waals surface area contributed by atoms with Gasteiger partial charge in [0, 0.05) is 31.2 Å². The maximum Gasteiger partial charge on any atom is 0.120 e. The zero-order valence-corrected chi connectivity index (χ0v) is 12.2. The Labute approximate surface area is 125 Å². The van der Waals surface area contributed by atoms with Crippen LogP contribution in [0.5, 0.6) is 11.5 Å². The van der Waals surface area contributed by atoms with Gasteiger partial charge in [0.2, 0.25) is 0 Å². The summed E-state index contributed by atoms with van der Waals surface area (Å²) in [6, 6.07) is 14.7. The molecule has 21 heavy (non-hydrogen) atoms. The minimum atomic E-state index is -0.0409. The van der Waals surface area contributed by atoms with Crippen molar-refractivity contribution in [3.63, 3.8) is 0 Å². The van der Waals surface area contributed by atoms with Crippen LogP contribution in [0.15, 0.2) is 48.5 Å². The number of aromatic hydroxyl groups is 2. The van der Waals surface area contributed by atoms with Gasteiger partial charge in [0.15, 0.2) is 0 Å². The molecular formula is C17H22N2O2. The number of benzene rings is 2. The molecule has 2 aromatic carbocycles. The van der Waals surface area contributed by atoms with Crippen molar-refractivity contribution in [1.82, 2.24) is 4.90 Å². The fourth-order valence-electron chi connectivity index (χ4n) is 2.47. The molecule has 1 atom stereocenters. The third-order valence-corrected chi connectivity index (χ3v) is 3.65. The van der Waals surface area contributed by atoms with Gasteiger partial charge in [-0.25, -0.2) is 0 Å². The lowest BCUT2D eigenvalue weighted by molar-refractivity contribution is 0.204. The number of nitrogens with two attached hydrogens (primary N) is 1. The molecule has 0 bridgehead atoms. The Kier molecular flexibility index (Phi) is 5.20. The van der Waals surface area contributed by atoms with Crippen molar-refractivity contribution >= 4 is 0 Å². The molecule has 0 saturated carbocycles. The number of nitrogens with zero attached hydrogens (tertiary/aromatic N) is 1. The predicted molar refractivity (Wildman–Crippen MR) is 84.1 cm³/mol. The summed E-state index contributed by atoms with van der Waals surface area (Å²) >= 11 is 0. The van der Waals surface area contributed by atoms with E-state index in [1.807, 2.05) is 25.1 Å². The van der Waals surface area contributed by atoms with Crippen molar-refractivity contribution in [2.45, 2.75) is 19.5 Å². The molecule has 1 unspecified atom stereocenters. The summed E-state index contributed by atoms with van der Waals surface area (Å²) in [7, 11) is 0. The van der Waals surface area contributed by atoms with Crippen molar-refractivity contribution in [1.29, 1.82) is 0 Å². The normalized spacial score (nSPS) is 12.5. The van der Waals surface area contributed by atoms with Gasteiger partial charge in [-0.1, -0.05) is 30.3 Å². The van der Waals surface area contributed by atoms with Crippen LogP contribution < -0.4 is 5.73 Å². The van der Waals surface area contributed by atoms with Crippen LogP contribution in [0.4, 0.5) is 0 Å². The largest absolute Gasteiger partial charge is 0.508 e. The Morgan fingerprint density at radius 1 is 1.10 bits per heavy atom. The number of phenolic OH excluding ortho intramolecular Hbond substituents is 2. The SMILES string of the molecule is CC(c1cc(O)ccc1O)N(CCN)Cc1ccccc1. The Morgan fingerprint density at radius 2 is 1.81 bits per heavy atom. The van der Waals surface area contributed by atoms with Crippen LogP contribution in [0.25, 0.3) is 0 Å². The zero-order valence-electron chi connectivity index (χ0n) is 12.2. The molecule has 0 saturated heterocycles. The van der Waals surface area contributed by atoms with E-state index in [9.17, 15) is 10.2 Å². The number of rotatable bonds is 6. The summed E-state index contributed by atoms with van der Waals surface area (Å²) in [5.74, 6) is 0.345. The highest BCUT2D eigenvalue weighted by Gasteiger charge is 2.19. The highest BCUT2D eigenvalue weighted by atomic mass is 16.3. The molecule has 0 aliphatic rings. The van der Waals surface area contributed by atoms with Crippen molar-refractivity contribution < 1.29 is 10.2 Å². The van der Waals surface area contributed by atoms with Gasteiger partial charge < -0.3 is 15.9 Å². The van der Waals surface area contributed by atoms with Crippen LogP contribution in [-0.2, 0) is 6.54 Å².